The average molecular weight is 430 g/mol. The molecule has 1 heterocycles. The maximum Gasteiger partial charge on any atom is 0.184 e. The highest BCUT2D eigenvalue weighted by Gasteiger charge is 2.28. The fourth-order valence-electron chi connectivity index (χ4n) is 3.97. The Morgan fingerprint density at radius 1 is 1.28 bits per heavy atom. The van der Waals surface area contributed by atoms with Gasteiger partial charge in [0.2, 0.25) is 0 Å². The number of nitrogens with zero attached hydrogens (tertiary/aromatic N) is 1. The Balaban J connectivity index is 1.42. The number of benzene rings is 2. The maximum atomic E-state index is 11.6. The van der Waals surface area contributed by atoms with E-state index in [2.05, 4.69) is 17.1 Å². The number of carbonyl (C=O) groups is 1. The lowest BCUT2D eigenvalue weighted by atomic mass is 9.97. The predicted molar refractivity (Wildman–Crippen MR) is 117 cm³/mol. The van der Waals surface area contributed by atoms with E-state index in [9.17, 15) is 9.90 Å². The molecule has 0 spiro atoms. The van der Waals surface area contributed by atoms with Crippen molar-refractivity contribution in [2.24, 2.45) is 0 Å². The largest absolute Gasteiger partial charge is 0.504 e. The van der Waals surface area contributed by atoms with E-state index in [0.29, 0.717) is 35.4 Å². The van der Waals surface area contributed by atoms with E-state index in [1.165, 1.54) is 16.9 Å². The third kappa shape index (κ3) is 4.73. The summed E-state index contributed by atoms with van der Waals surface area (Å²) in [5.41, 5.74) is 3.25. The van der Waals surface area contributed by atoms with Crippen molar-refractivity contribution in [1.82, 2.24) is 4.98 Å². The summed E-state index contributed by atoms with van der Waals surface area (Å²) in [6.45, 7) is 1.88. The molecule has 1 N–H and O–H groups in total. The minimum absolute atomic E-state index is 0.0687. The molecule has 0 saturated heterocycles. The summed E-state index contributed by atoms with van der Waals surface area (Å²) in [5.74, 6) is 1.35. The van der Waals surface area contributed by atoms with Crippen LogP contribution in [0.5, 0.6) is 11.5 Å². The summed E-state index contributed by atoms with van der Waals surface area (Å²) in [6.07, 6.45) is 4.74. The van der Waals surface area contributed by atoms with Crippen LogP contribution >= 0.6 is 22.9 Å². The number of ketones is 1. The Labute approximate surface area is 179 Å². The minimum atomic E-state index is 0.0687. The van der Waals surface area contributed by atoms with Crippen LogP contribution in [-0.2, 0) is 11.2 Å². The third-order valence-corrected chi connectivity index (χ3v) is 6.77. The van der Waals surface area contributed by atoms with Gasteiger partial charge in [0.05, 0.1) is 16.3 Å². The van der Waals surface area contributed by atoms with Crippen LogP contribution in [0.4, 0.5) is 0 Å². The Bertz CT molecular complexity index is 1030. The Kier molecular flexibility index (Phi) is 6.07. The van der Waals surface area contributed by atoms with E-state index in [1.54, 1.807) is 6.07 Å². The fraction of sp³-hybridized carbons (Fsp3) is 0.391. The van der Waals surface area contributed by atoms with Crippen LogP contribution in [0, 0.1) is 0 Å². The highest BCUT2D eigenvalue weighted by molar-refractivity contribution is 7.22. The molecular weight excluding hydrogens is 406 g/mol. The number of thiazole rings is 1. The van der Waals surface area contributed by atoms with E-state index in [0.717, 1.165) is 35.0 Å². The van der Waals surface area contributed by atoms with Crippen molar-refractivity contribution in [2.45, 2.75) is 57.5 Å². The number of hydrogen-bond acceptors (Lipinski definition) is 5. The van der Waals surface area contributed by atoms with E-state index in [4.69, 9.17) is 16.3 Å². The van der Waals surface area contributed by atoms with Crippen molar-refractivity contribution in [1.29, 1.82) is 0 Å². The van der Waals surface area contributed by atoms with Crippen LogP contribution in [0.25, 0.3) is 10.2 Å². The van der Waals surface area contributed by atoms with Crippen LogP contribution in [0.2, 0.25) is 4.47 Å². The Morgan fingerprint density at radius 2 is 2.14 bits per heavy atom. The lowest BCUT2D eigenvalue weighted by Gasteiger charge is -2.16. The summed E-state index contributed by atoms with van der Waals surface area (Å²) in [5, 5.41) is 10.2. The molecule has 1 aromatic heterocycles. The van der Waals surface area contributed by atoms with Gasteiger partial charge in [0.1, 0.15) is 5.78 Å². The number of Topliss-reactive ketones (excluding diaryl/α,β-unsaturated/α-hetero) is 1. The number of phenols is 1. The van der Waals surface area contributed by atoms with Crippen LogP contribution in [0.1, 0.15) is 56.1 Å². The lowest BCUT2D eigenvalue weighted by Crippen LogP contribution is -2.12. The first-order valence-electron chi connectivity index (χ1n) is 10.1. The molecule has 1 aliphatic rings. The molecule has 0 radical (unpaired) electrons. The zero-order valence-electron chi connectivity index (χ0n) is 16.4. The number of aromatic nitrogens is 1. The van der Waals surface area contributed by atoms with Crippen molar-refractivity contribution < 1.29 is 14.6 Å². The molecule has 4 nitrogen and oxygen atoms in total. The van der Waals surface area contributed by atoms with Crippen LogP contribution < -0.4 is 4.74 Å². The topological polar surface area (TPSA) is 59.4 Å². The number of aromatic hydroxyl groups is 1. The first-order valence-corrected chi connectivity index (χ1v) is 11.3. The molecule has 2 aromatic carbocycles. The molecular formula is C23H24ClNO3S. The molecule has 2 atom stereocenters. The zero-order chi connectivity index (χ0) is 20.4. The van der Waals surface area contributed by atoms with Crippen molar-refractivity contribution >= 4 is 38.9 Å². The van der Waals surface area contributed by atoms with Crippen molar-refractivity contribution in [3.05, 3.63) is 52.0 Å². The van der Waals surface area contributed by atoms with Gasteiger partial charge in [0.25, 0.3) is 0 Å². The number of carbonyl (C=O) groups excluding carboxylic acids is 1. The van der Waals surface area contributed by atoms with Gasteiger partial charge in [-0.2, -0.15) is 0 Å². The second-order valence-corrected chi connectivity index (χ2v) is 9.25. The van der Waals surface area contributed by atoms with Gasteiger partial charge in [-0.05, 0) is 67.0 Å². The number of aryl methyl sites for hydroxylation is 1. The third-order valence-electron chi connectivity index (χ3n) is 5.65. The lowest BCUT2D eigenvalue weighted by molar-refractivity contribution is -0.118. The van der Waals surface area contributed by atoms with E-state index < -0.39 is 0 Å². The molecule has 0 bridgehead atoms. The molecule has 152 valence electrons. The summed E-state index contributed by atoms with van der Waals surface area (Å²) in [4.78, 5) is 15.9. The molecule has 29 heavy (non-hydrogen) atoms. The average Bonchev–Trinajstić information content (AvgIpc) is 3.33. The Hall–Kier alpha value is -2.11. The number of halogens is 1. The van der Waals surface area contributed by atoms with E-state index >= 15 is 0 Å². The predicted octanol–water partition coefficient (Wildman–Crippen LogP) is 6.28. The standard InChI is InChI=1S/C23H24ClNO3S/c1-2-17(26)7-3-14-4-10-20(27)21(11-14)28-18-8-5-15(12-18)16-6-9-19-22(13-16)29-23(24)25-19/h4,6,9-11,13,15,18,27H,2-3,5,7-8,12H2,1H3. The van der Waals surface area contributed by atoms with Gasteiger partial charge in [-0.1, -0.05) is 30.7 Å². The maximum absolute atomic E-state index is 11.6. The van der Waals surface area contributed by atoms with Crippen LogP contribution in [0.15, 0.2) is 36.4 Å². The quantitative estimate of drug-likeness (QED) is 0.480. The number of hydrogen-bond donors (Lipinski definition) is 1. The van der Waals surface area contributed by atoms with Gasteiger partial charge in [-0.15, -0.1) is 11.3 Å². The van der Waals surface area contributed by atoms with Gasteiger partial charge in [-0.25, -0.2) is 4.98 Å². The van der Waals surface area contributed by atoms with Gasteiger partial charge in [-0.3, -0.25) is 4.79 Å². The molecule has 2 unspecified atom stereocenters. The minimum Gasteiger partial charge on any atom is -0.504 e. The van der Waals surface area contributed by atoms with E-state index in [1.807, 2.05) is 25.1 Å². The molecule has 4 rings (SSSR count). The molecule has 0 amide bonds. The van der Waals surface area contributed by atoms with Crippen LogP contribution in [0.3, 0.4) is 0 Å². The second kappa shape index (κ2) is 8.72. The molecule has 1 saturated carbocycles. The molecule has 0 aliphatic heterocycles. The number of rotatable bonds is 7. The summed E-state index contributed by atoms with van der Waals surface area (Å²) >= 11 is 7.54. The molecule has 1 aliphatic carbocycles. The second-order valence-electron chi connectivity index (χ2n) is 7.64. The fourth-order valence-corrected chi connectivity index (χ4v) is 5.04. The zero-order valence-corrected chi connectivity index (χ0v) is 17.9. The first-order chi connectivity index (χ1) is 14.0. The van der Waals surface area contributed by atoms with Gasteiger partial charge in [0.15, 0.2) is 16.0 Å². The molecule has 3 aromatic rings. The normalized spacial score (nSPS) is 19.0. The first kappa shape index (κ1) is 20.2. The monoisotopic (exact) mass is 429 g/mol. The van der Waals surface area contributed by atoms with Gasteiger partial charge in [0, 0.05) is 12.8 Å². The summed E-state index contributed by atoms with van der Waals surface area (Å²) < 4.78 is 7.84. The van der Waals surface area contributed by atoms with E-state index in [-0.39, 0.29) is 17.6 Å². The highest BCUT2D eigenvalue weighted by atomic mass is 35.5. The summed E-state index contributed by atoms with van der Waals surface area (Å²) in [6, 6.07) is 11.8. The van der Waals surface area contributed by atoms with Gasteiger partial charge < -0.3 is 9.84 Å². The SMILES string of the molecule is CCC(=O)CCc1ccc(O)c(OC2CCC(c3ccc4nc(Cl)sc4c3)C2)c1. The smallest absolute Gasteiger partial charge is 0.184 e. The molecule has 6 heteroatoms. The Morgan fingerprint density at radius 3 is 2.97 bits per heavy atom. The van der Waals surface area contributed by atoms with Gasteiger partial charge >= 0.3 is 0 Å². The van der Waals surface area contributed by atoms with Crippen molar-refractivity contribution in [3.63, 3.8) is 0 Å². The van der Waals surface area contributed by atoms with Crippen LogP contribution in [-0.4, -0.2) is 22.0 Å². The van der Waals surface area contributed by atoms with Crippen molar-refractivity contribution in [2.75, 3.05) is 0 Å². The number of ether oxygens (including phenoxy) is 1. The summed E-state index contributed by atoms with van der Waals surface area (Å²) in [7, 11) is 0. The highest BCUT2D eigenvalue weighted by Crippen LogP contribution is 2.40. The molecule has 1 fully saturated rings. The van der Waals surface area contributed by atoms with Crippen molar-refractivity contribution in [3.8, 4) is 11.5 Å². The number of phenolic OH excluding ortho intramolecular Hbond substituents is 1. The number of fused-ring (bicyclic) bond motifs is 1.